The van der Waals surface area contributed by atoms with Gasteiger partial charge in [-0.05, 0) is 0 Å². The van der Waals surface area contributed by atoms with Gasteiger partial charge in [0.2, 0.25) is 0 Å². The number of rotatable bonds is 3. The number of benzene rings is 2. The van der Waals surface area contributed by atoms with Crippen LogP contribution in [0.3, 0.4) is 0 Å². The molecule has 0 fully saturated rings. The molecule has 82 valence electrons. The van der Waals surface area contributed by atoms with Gasteiger partial charge >= 0.3 is 104 Å². The molecule has 0 aliphatic rings. The van der Waals surface area contributed by atoms with Gasteiger partial charge in [0.25, 0.3) is 0 Å². The van der Waals surface area contributed by atoms with Crippen LogP contribution < -0.4 is 4.46 Å². The molecule has 0 N–H and O–H groups in total. The van der Waals surface area contributed by atoms with Gasteiger partial charge in [-0.25, -0.2) is 0 Å². The Bertz CT molecular complexity index is 440. The SMILES string of the molecule is Cc1cc(C)cc(C[Se]c2ccccc2)c1. The van der Waals surface area contributed by atoms with Crippen LogP contribution in [0.15, 0.2) is 48.5 Å². The Morgan fingerprint density at radius 2 is 1.50 bits per heavy atom. The summed E-state index contributed by atoms with van der Waals surface area (Å²) >= 11 is 0.557. The molecule has 0 amide bonds. The minimum atomic E-state index is 0.557. The third-order valence-corrected chi connectivity index (χ3v) is 4.70. The van der Waals surface area contributed by atoms with Crippen molar-refractivity contribution < 1.29 is 0 Å². The minimum absolute atomic E-state index is 0.557. The van der Waals surface area contributed by atoms with Crippen molar-refractivity contribution in [1.82, 2.24) is 0 Å². The van der Waals surface area contributed by atoms with Crippen LogP contribution in [0.4, 0.5) is 0 Å². The zero-order valence-electron chi connectivity index (χ0n) is 9.73. The predicted octanol–water partition coefficient (Wildman–Crippen LogP) is 2.83. The number of hydrogen-bond acceptors (Lipinski definition) is 0. The predicted molar refractivity (Wildman–Crippen MR) is 71.5 cm³/mol. The molecule has 0 bridgehead atoms. The van der Waals surface area contributed by atoms with Crippen LogP contribution in [0.5, 0.6) is 0 Å². The molecule has 2 rings (SSSR count). The number of aryl methyl sites for hydroxylation is 2. The fourth-order valence-corrected chi connectivity index (χ4v) is 3.62. The van der Waals surface area contributed by atoms with Gasteiger partial charge in [-0.15, -0.1) is 0 Å². The van der Waals surface area contributed by atoms with Crippen molar-refractivity contribution in [1.29, 1.82) is 0 Å². The topological polar surface area (TPSA) is 0 Å². The Morgan fingerprint density at radius 1 is 0.875 bits per heavy atom. The average molecular weight is 275 g/mol. The van der Waals surface area contributed by atoms with E-state index in [4.69, 9.17) is 0 Å². The Labute approximate surface area is 104 Å². The van der Waals surface area contributed by atoms with Crippen molar-refractivity contribution in [2.24, 2.45) is 0 Å². The monoisotopic (exact) mass is 276 g/mol. The van der Waals surface area contributed by atoms with Crippen molar-refractivity contribution >= 4 is 19.4 Å². The average Bonchev–Trinajstić information content (AvgIpc) is 2.27. The second-order valence-corrected chi connectivity index (χ2v) is 6.30. The van der Waals surface area contributed by atoms with E-state index in [1.807, 2.05) is 0 Å². The van der Waals surface area contributed by atoms with Crippen molar-refractivity contribution in [2.45, 2.75) is 19.2 Å². The third-order valence-electron chi connectivity index (χ3n) is 2.43. The summed E-state index contributed by atoms with van der Waals surface area (Å²) in [6.45, 7) is 4.35. The van der Waals surface area contributed by atoms with Crippen LogP contribution in [-0.2, 0) is 5.32 Å². The van der Waals surface area contributed by atoms with E-state index >= 15 is 0 Å². The fraction of sp³-hybridized carbons (Fsp3) is 0.200. The zero-order valence-corrected chi connectivity index (χ0v) is 11.4. The maximum atomic E-state index is 2.30. The van der Waals surface area contributed by atoms with Crippen molar-refractivity contribution in [3.63, 3.8) is 0 Å². The molecule has 0 radical (unpaired) electrons. The van der Waals surface area contributed by atoms with E-state index in [2.05, 4.69) is 62.4 Å². The van der Waals surface area contributed by atoms with Crippen molar-refractivity contribution in [2.75, 3.05) is 0 Å². The molecule has 0 heterocycles. The Hall–Kier alpha value is -1.04. The van der Waals surface area contributed by atoms with Gasteiger partial charge in [0.05, 0.1) is 0 Å². The maximum absolute atomic E-state index is 2.30. The van der Waals surface area contributed by atoms with Gasteiger partial charge < -0.3 is 0 Å². The zero-order chi connectivity index (χ0) is 11.4. The van der Waals surface area contributed by atoms with Crippen molar-refractivity contribution in [3.8, 4) is 0 Å². The second-order valence-electron chi connectivity index (χ2n) is 4.10. The third kappa shape index (κ3) is 3.23. The molecular formula is C15H16Se. The van der Waals surface area contributed by atoms with Crippen LogP contribution in [0.2, 0.25) is 0 Å². The molecule has 0 atom stereocenters. The number of hydrogen-bond donors (Lipinski definition) is 0. The van der Waals surface area contributed by atoms with Gasteiger partial charge in [0.15, 0.2) is 0 Å². The van der Waals surface area contributed by atoms with E-state index < -0.39 is 0 Å². The summed E-state index contributed by atoms with van der Waals surface area (Å²) in [5.41, 5.74) is 4.22. The summed E-state index contributed by atoms with van der Waals surface area (Å²) in [6, 6.07) is 17.6. The van der Waals surface area contributed by atoms with Crippen LogP contribution in [0.25, 0.3) is 0 Å². The summed E-state index contributed by atoms with van der Waals surface area (Å²) in [4.78, 5) is 0. The van der Waals surface area contributed by atoms with Crippen molar-refractivity contribution in [3.05, 3.63) is 65.2 Å². The van der Waals surface area contributed by atoms with Crippen LogP contribution in [-0.4, -0.2) is 15.0 Å². The van der Waals surface area contributed by atoms with E-state index in [-0.39, 0.29) is 0 Å². The van der Waals surface area contributed by atoms with Gasteiger partial charge in [-0.3, -0.25) is 0 Å². The summed E-state index contributed by atoms with van der Waals surface area (Å²) < 4.78 is 1.48. The summed E-state index contributed by atoms with van der Waals surface area (Å²) in [5.74, 6) is 0. The molecule has 0 spiro atoms. The first-order valence-corrected chi connectivity index (χ1v) is 7.56. The van der Waals surface area contributed by atoms with Gasteiger partial charge in [-0.2, -0.15) is 0 Å². The molecule has 1 heteroatoms. The second kappa shape index (κ2) is 5.34. The molecule has 0 saturated heterocycles. The standard InChI is InChI=1S/C15H16Se/c1-12-8-13(2)10-14(9-12)11-16-15-6-4-3-5-7-15/h3-10H,11H2,1-2H3. The van der Waals surface area contributed by atoms with E-state index in [1.54, 1.807) is 0 Å². The van der Waals surface area contributed by atoms with Gasteiger partial charge in [-0.1, -0.05) is 0 Å². The molecular weight excluding hydrogens is 259 g/mol. The fourth-order valence-electron chi connectivity index (χ4n) is 1.84. The molecule has 16 heavy (non-hydrogen) atoms. The molecule has 2 aromatic rings. The van der Waals surface area contributed by atoms with Crippen LogP contribution >= 0.6 is 0 Å². The van der Waals surface area contributed by atoms with E-state index in [0.717, 1.165) is 0 Å². The molecule has 0 saturated carbocycles. The van der Waals surface area contributed by atoms with Gasteiger partial charge in [0, 0.05) is 0 Å². The normalized spacial score (nSPS) is 10.4. The van der Waals surface area contributed by atoms with E-state index in [9.17, 15) is 0 Å². The summed E-state index contributed by atoms with van der Waals surface area (Å²) in [5, 5.41) is 1.19. The molecule has 0 unspecified atom stereocenters. The molecule has 0 aliphatic carbocycles. The Balaban J connectivity index is 2.05. The first-order chi connectivity index (χ1) is 7.74. The molecule has 0 nitrogen and oxygen atoms in total. The first-order valence-electron chi connectivity index (χ1n) is 5.49. The van der Waals surface area contributed by atoms with E-state index in [0.29, 0.717) is 15.0 Å². The first kappa shape index (κ1) is 11.4. The van der Waals surface area contributed by atoms with Gasteiger partial charge in [0.1, 0.15) is 0 Å². The summed E-state index contributed by atoms with van der Waals surface area (Å²) in [6.07, 6.45) is 0. The summed E-state index contributed by atoms with van der Waals surface area (Å²) in [7, 11) is 0. The quantitative estimate of drug-likeness (QED) is 0.756. The molecule has 2 aromatic carbocycles. The van der Waals surface area contributed by atoms with E-state index in [1.165, 1.54) is 26.5 Å². The van der Waals surface area contributed by atoms with Crippen LogP contribution in [0.1, 0.15) is 16.7 Å². The van der Waals surface area contributed by atoms with Crippen LogP contribution in [0, 0.1) is 13.8 Å². The Morgan fingerprint density at radius 3 is 2.12 bits per heavy atom. The molecule has 0 aromatic heterocycles. The Kier molecular flexibility index (Phi) is 3.82. The molecule has 0 aliphatic heterocycles.